The molecule has 3 rings (SSSR count). The number of hydrazine groups is 2. The normalized spacial score (nSPS) is 13.3. The van der Waals surface area contributed by atoms with E-state index in [1.54, 1.807) is 12.1 Å². The minimum atomic E-state index is -0.305. The Hall–Kier alpha value is -3.18. The molecule has 5 N–H and O–H groups in total. The number of ether oxygens (including phenoxy) is 1. The molecule has 0 saturated carbocycles. The second-order valence-electron chi connectivity index (χ2n) is 9.06. The number of hydrogen-bond acceptors (Lipinski definition) is 11. The average Bonchev–Trinajstić information content (AvgIpc) is 3.18. The van der Waals surface area contributed by atoms with Crippen LogP contribution in [-0.2, 0) is 6.54 Å². The molecule has 0 atom stereocenters. The number of methoxy groups -OCH3 is 1. The van der Waals surface area contributed by atoms with Crippen LogP contribution in [0.15, 0.2) is 12.1 Å². The Kier molecular flexibility index (Phi) is 7.78. The fourth-order valence-electron chi connectivity index (χ4n) is 3.81. The molecule has 0 aliphatic carbocycles. The summed E-state index contributed by atoms with van der Waals surface area (Å²) in [7, 11) is 1.43. The Labute approximate surface area is 200 Å². The molecule has 0 radical (unpaired) electrons. The zero-order valence-electron chi connectivity index (χ0n) is 21.0. The van der Waals surface area contributed by atoms with Crippen molar-refractivity contribution >= 4 is 23.3 Å². The number of rotatable bonds is 10. The molecule has 2 aromatic rings. The lowest BCUT2D eigenvalue weighted by molar-refractivity contribution is 0.298. The molecule has 1 aliphatic rings. The van der Waals surface area contributed by atoms with Gasteiger partial charge < -0.3 is 30.3 Å². The average molecular weight is 476 g/mol. The van der Waals surface area contributed by atoms with Crippen LogP contribution in [0.25, 0.3) is 0 Å². The lowest BCUT2D eigenvalue weighted by Gasteiger charge is -2.28. The van der Waals surface area contributed by atoms with Gasteiger partial charge in [-0.05, 0) is 53.7 Å². The molecule has 0 unspecified atom stereocenters. The summed E-state index contributed by atoms with van der Waals surface area (Å²) >= 11 is 0. The first-order valence-corrected chi connectivity index (χ1v) is 11.6. The van der Waals surface area contributed by atoms with Crippen molar-refractivity contribution in [3.8, 4) is 17.2 Å². The quantitative estimate of drug-likeness (QED) is 0.325. The monoisotopic (exact) mass is 475 g/mol. The van der Waals surface area contributed by atoms with Gasteiger partial charge in [-0.1, -0.05) is 0 Å². The number of anilines is 4. The van der Waals surface area contributed by atoms with Crippen LogP contribution in [0.4, 0.5) is 23.3 Å². The molecule has 0 fully saturated rings. The summed E-state index contributed by atoms with van der Waals surface area (Å²) < 4.78 is 5.07. The summed E-state index contributed by atoms with van der Waals surface area (Å²) in [5, 5.41) is 37.6. The number of aromatic nitrogens is 2. The van der Waals surface area contributed by atoms with E-state index in [0.717, 1.165) is 11.5 Å². The fourth-order valence-corrected chi connectivity index (χ4v) is 3.81. The fraction of sp³-hybridized carbons (Fsp3) is 0.565. The first-order chi connectivity index (χ1) is 16.1. The zero-order chi connectivity index (χ0) is 25.2. The Balaban J connectivity index is 2.09. The maximum absolute atomic E-state index is 10.5. The van der Waals surface area contributed by atoms with Crippen molar-refractivity contribution in [3.63, 3.8) is 0 Å². The number of aromatic hydroxyl groups is 2. The summed E-state index contributed by atoms with van der Waals surface area (Å²) in [5.74, 6) is 1.44. The van der Waals surface area contributed by atoms with Crippen molar-refractivity contribution in [2.45, 2.75) is 66.2 Å². The van der Waals surface area contributed by atoms with Crippen LogP contribution >= 0.6 is 0 Å². The Bertz CT molecular complexity index is 1000. The second-order valence-corrected chi connectivity index (χ2v) is 9.06. The first kappa shape index (κ1) is 25.4. The number of aliphatic hydroxyl groups is 1. The molecule has 2 heterocycles. The number of fused-ring (bicyclic) bond motifs is 1. The van der Waals surface area contributed by atoms with E-state index in [9.17, 15) is 15.3 Å². The minimum Gasteiger partial charge on any atom is -0.504 e. The van der Waals surface area contributed by atoms with E-state index < -0.39 is 0 Å². The molecule has 11 nitrogen and oxygen atoms in total. The van der Waals surface area contributed by atoms with Gasteiger partial charge in [-0.15, -0.1) is 5.53 Å². The number of phenolic OH excluding ortho intramolecular Hbond substituents is 2. The summed E-state index contributed by atoms with van der Waals surface area (Å²) in [5.41, 5.74) is 4.69. The van der Waals surface area contributed by atoms with Gasteiger partial charge in [0.05, 0.1) is 13.7 Å². The van der Waals surface area contributed by atoms with Gasteiger partial charge in [-0.25, -0.2) is 0 Å². The van der Waals surface area contributed by atoms with Gasteiger partial charge in [0.2, 0.25) is 11.7 Å². The molecule has 0 spiro atoms. The highest BCUT2D eigenvalue weighted by molar-refractivity contribution is 5.83. The van der Waals surface area contributed by atoms with Gasteiger partial charge in [0, 0.05) is 36.8 Å². The van der Waals surface area contributed by atoms with Gasteiger partial charge in [0.15, 0.2) is 23.1 Å². The third-order valence-electron chi connectivity index (χ3n) is 5.66. The van der Waals surface area contributed by atoms with Crippen molar-refractivity contribution in [2.75, 3.05) is 40.5 Å². The minimum absolute atomic E-state index is 0.0232. The van der Waals surface area contributed by atoms with Crippen LogP contribution in [-0.4, -0.2) is 63.7 Å². The number of nitrogens with one attached hydrogen (secondary N) is 2. The molecule has 188 valence electrons. The number of aliphatic hydroxyl groups excluding tert-OH is 1. The van der Waals surface area contributed by atoms with E-state index in [0.29, 0.717) is 23.9 Å². The van der Waals surface area contributed by atoms with Crippen molar-refractivity contribution < 1.29 is 20.1 Å². The first-order valence-electron chi connectivity index (χ1n) is 11.6. The maximum atomic E-state index is 10.5. The van der Waals surface area contributed by atoms with Gasteiger partial charge >= 0.3 is 0 Å². The van der Waals surface area contributed by atoms with Crippen LogP contribution in [0.3, 0.4) is 0 Å². The van der Waals surface area contributed by atoms with Crippen LogP contribution in [0.2, 0.25) is 0 Å². The van der Waals surface area contributed by atoms with Crippen LogP contribution in [0.5, 0.6) is 17.2 Å². The number of hydrogen-bond donors (Lipinski definition) is 5. The Morgan fingerprint density at radius 2 is 1.71 bits per heavy atom. The van der Waals surface area contributed by atoms with Gasteiger partial charge in [0.25, 0.3) is 0 Å². The zero-order valence-corrected chi connectivity index (χ0v) is 21.0. The highest BCUT2D eigenvalue weighted by Crippen LogP contribution is 2.42. The molecule has 0 bridgehead atoms. The summed E-state index contributed by atoms with van der Waals surface area (Å²) in [6, 6.07) is 3.59. The standard InChI is InChI=1S/C23H37N7O4/c1-13(2)28(10-11-31)23-25-21(24-12-16-8-9-17(34-7)20(33)19(16)32)18-22(26-23)30(15(5)6)27-29(18)14(3)4/h8-9,13-15,27,31-33H,10-12H2,1-7H3,(H,24,25,26). The van der Waals surface area contributed by atoms with E-state index in [1.807, 2.05) is 28.8 Å². The van der Waals surface area contributed by atoms with Crippen molar-refractivity contribution in [3.05, 3.63) is 17.7 Å². The number of phenols is 2. The highest BCUT2D eigenvalue weighted by atomic mass is 16.5. The molecular formula is C23H37N7O4. The van der Waals surface area contributed by atoms with Crippen LogP contribution < -0.4 is 30.5 Å². The molecule has 1 aromatic carbocycles. The lowest BCUT2D eigenvalue weighted by Crippen LogP contribution is -2.50. The topological polar surface area (TPSA) is 129 Å². The van der Waals surface area contributed by atoms with Crippen LogP contribution in [0.1, 0.15) is 47.1 Å². The second kappa shape index (κ2) is 10.4. The molecule has 1 aromatic heterocycles. The largest absolute Gasteiger partial charge is 0.504 e. The van der Waals surface area contributed by atoms with Crippen molar-refractivity contribution in [2.24, 2.45) is 0 Å². The van der Waals surface area contributed by atoms with Crippen molar-refractivity contribution in [1.82, 2.24) is 15.5 Å². The van der Waals surface area contributed by atoms with Crippen LogP contribution in [0, 0.1) is 0 Å². The van der Waals surface area contributed by atoms with E-state index in [-0.39, 0.29) is 48.5 Å². The Morgan fingerprint density at radius 3 is 2.26 bits per heavy atom. The molecule has 11 heteroatoms. The third-order valence-corrected chi connectivity index (χ3v) is 5.66. The van der Waals surface area contributed by atoms with E-state index in [4.69, 9.17) is 14.7 Å². The maximum Gasteiger partial charge on any atom is 0.229 e. The third kappa shape index (κ3) is 4.85. The predicted octanol–water partition coefficient (Wildman–Crippen LogP) is 2.58. The van der Waals surface area contributed by atoms with Crippen molar-refractivity contribution in [1.29, 1.82) is 0 Å². The SMILES string of the molecule is COc1ccc(CNc2nc(N(CCO)C(C)C)nc3c2N(C(C)C)NN3C(C)C)c(O)c1O. The van der Waals surface area contributed by atoms with E-state index in [2.05, 4.69) is 38.5 Å². The highest BCUT2D eigenvalue weighted by Gasteiger charge is 2.35. The predicted molar refractivity (Wildman–Crippen MR) is 134 cm³/mol. The number of nitrogens with zero attached hydrogens (tertiary/aromatic N) is 5. The molecule has 0 saturated heterocycles. The summed E-state index contributed by atoms with van der Waals surface area (Å²) in [6.07, 6.45) is 0. The summed E-state index contributed by atoms with van der Waals surface area (Å²) in [4.78, 5) is 11.6. The number of benzene rings is 1. The van der Waals surface area contributed by atoms with Gasteiger partial charge in [0.1, 0.15) is 5.69 Å². The van der Waals surface area contributed by atoms with Gasteiger partial charge in [-0.2, -0.15) is 9.97 Å². The summed E-state index contributed by atoms with van der Waals surface area (Å²) in [6.45, 7) is 12.9. The molecular weight excluding hydrogens is 438 g/mol. The molecule has 34 heavy (non-hydrogen) atoms. The smallest absolute Gasteiger partial charge is 0.229 e. The lowest BCUT2D eigenvalue weighted by atomic mass is 10.1. The molecule has 0 amide bonds. The Morgan fingerprint density at radius 1 is 1.03 bits per heavy atom. The van der Waals surface area contributed by atoms with E-state index >= 15 is 0 Å². The molecule has 1 aliphatic heterocycles. The van der Waals surface area contributed by atoms with Gasteiger partial charge in [-0.3, -0.25) is 10.0 Å². The van der Waals surface area contributed by atoms with E-state index in [1.165, 1.54) is 7.11 Å².